The first kappa shape index (κ1) is 35.7. The smallest absolute Gasteiger partial charge is 0.430 e. The molecule has 0 atom stereocenters. The first-order chi connectivity index (χ1) is 21.9. The molecule has 0 saturated heterocycles. The SMILES string of the molecule is C=CCCC(=O)Oc1c(C)cc([S+](c2cc(C)c(OC(=O)OCC=C)c(C)c2)c2cc(C)c(OC(=O)OCC=C)c(C)c2)cc1C. The van der Waals surface area contributed by atoms with E-state index < -0.39 is 23.2 Å². The number of hydrogen-bond donors (Lipinski definition) is 0. The zero-order chi connectivity index (χ0) is 34.0. The van der Waals surface area contributed by atoms with Crippen LogP contribution in [0.2, 0.25) is 0 Å². The minimum atomic E-state index is -0.809. The number of allylic oxidation sites excluding steroid dienone is 1. The summed E-state index contributed by atoms with van der Waals surface area (Å²) in [5.74, 6) is 1.05. The molecule has 0 aliphatic heterocycles. The second-order valence-electron chi connectivity index (χ2n) is 10.7. The fourth-order valence-electron chi connectivity index (χ4n) is 4.84. The van der Waals surface area contributed by atoms with Gasteiger partial charge in [-0.3, -0.25) is 4.79 Å². The monoisotopic (exact) mass is 645 g/mol. The van der Waals surface area contributed by atoms with Crippen LogP contribution in [0.5, 0.6) is 17.2 Å². The number of ether oxygens (including phenoxy) is 5. The molecule has 0 bridgehead atoms. The first-order valence-electron chi connectivity index (χ1n) is 14.7. The minimum Gasteiger partial charge on any atom is -0.430 e. The van der Waals surface area contributed by atoms with Crippen molar-refractivity contribution in [3.05, 3.63) is 108 Å². The Hall–Kier alpha value is -4.76. The zero-order valence-electron chi connectivity index (χ0n) is 27.3. The summed E-state index contributed by atoms with van der Waals surface area (Å²) in [6, 6.07) is 12.0. The molecule has 3 aromatic carbocycles. The summed E-state index contributed by atoms with van der Waals surface area (Å²) >= 11 is 0. The molecule has 0 N–H and O–H groups in total. The number of hydrogen-bond acceptors (Lipinski definition) is 8. The Labute approximate surface area is 274 Å². The lowest BCUT2D eigenvalue weighted by atomic mass is 10.1. The standard InChI is InChI=1S/C37H41O8S/c1-10-13-14-32(38)43-33-23(4)17-29(18-24(33)5)46(30-19-25(6)34(26(7)20-30)44-36(39)41-15-11-2)31-21-27(8)35(28(9)22-31)45-37(40)42-16-12-3/h10-12,17-22H,1-3,13-16H2,4-9H3/q+1. The van der Waals surface area contributed by atoms with E-state index in [1.54, 1.807) is 6.08 Å². The fraction of sp³-hybridized carbons (Fsp3) is 0.270. The third-order valence-corrected chi connectivity index (χ3v) is 8.91. The lowest BCUT2D eigenvalue weighted by Crippen LogP contribution is -2.14. The van der Waals surface area contributed by atoms with Crippen molar-refractivity contribution in [1.82, 2.24) is 0 Å². The highest BCUT2D eigenvalue weighted by molar-refractivity contribution is 7.97. The number of carbonyl (C=O) groups is 3. The number of aryl methyl sites for hydroxylation is 6. The van der Waals surface area contributed by atoms with Crippen LogP contribution in [0.1, 0.15) is 46.2 Å². The third kappa shape index (κ3) is 9.14. The molecule has 0 amide bonds. The molecule has 0 unspecified atom stereocenters. The van der Waals surface area contributed by atoms with Crippen LogP contribution in [0.4, 0.5) is 9.59 Å². The fourth-order valence-corrected chi connectivity index (χ4v) is 7.42. The van der Waals surface area contributed by atoms with E-state index in [1.165, 1.54) is 12.2 Å². The number of rotatable bonds is 13. The van der Waals surface area contributed by atoms with Crippen molar-refractivity contribution >= 4 is 29.2 Å². The van der Waals surface area contributed by atoms with E-state index in [-0.39, 0.29) is 25.6 Å². The summed E-state index contributed by atoms with van der Waals surface area (Å²) in [6.45, 7) is 22.2. The second-order valence-corrected chi connectivity index (χ2v) is 12.7. The van der Waals surface area contributed by atoms with Crippen molar-refractivity contribution in [2.24, 2.45) is 0 Å². The average molecular weight is 646 g/mol. The molecule has 0 spiro atoms. The van der Waals surface area contributed by atoms with Gasteiger partial charge in [-0.2, -0.15) is 0 Å². The summed E-state index contributed by atoms with van der Waals surface area (Å²) in [5, 5.41) is 0. The predicted molar refractivity (Wildman–Crippen MR) is 179 cm³/mol. The van der Waals surface area contributed by atoms with Gasteiger partial charge in [0.2, 0.25) is 0 Å². The molecule has 0 radical (unpaired) electrons. The van der Waals surface area contributed by atoms with Crippen LogP contribution in [0.15, 0.2) is 89.0 Å². The van der Waals surface area contributed by atoms with Gasteiger partial charge in [-0.15, -0.1) is 6.58 Å². The van der Waals surface area contributed by atoms with E-state index in [0.29, 0.717) is 23.7 Å². The molecule has 3 aromatic rings. The summed E-state index contributed by atoms with van der Waals surface area (Å²) in [5.41, 5.74) is 4.64. The van der Waals surface area contributed by atoms with E-state index in [9.17, 15) is 14.4 Å². The maximum Gasteiger partial charge on any atom is 0.514 e. The molecular weight excluding hydrogens is 604 g/mol. The van der Waals surface area contributed by atoms with Crippen molar-refractivity contribution in [1.29, 1.82) is 0 Å². The Kier molecular flexibility index (Phi) is 12.8. The molecule has 0 aliphatic carbocycles. The van der Waals surface area contributed by atoms with Gasteiger partial charge in [0.15, 0.2) is 14.7 Å². The van der Waals surface area contributed by atoms with Crippen LogP contribution >= 0.6 is 0 Å². The minimum absolute atomic E-state index is 0.0428. The molecule has 46 heavy (non-hydrogen) atoms. The topological polar surface area (TPSA) is 97.4 Å². The lowest BCUT2D eigenvalue weighted by molar-refractivity contribution is -0.134. The quantitative estimate of drug-likeness (QED) is 0.0598. The highest BCUT2D eigenvalue weighted by Crippen LogP contribution is 2.40. The Bertz CT molecular complexity index is 1390. The lowest BCUT2D eigenvalue weighted by Gasteiger charge is -2.17. The molecule has 8 nitrogen and oxygen atoms in total. The van der Waals surface area contributed by atoms with Crippen molar-refractivity contribution in [2.45, 2.75) is 69.1 Å². The van der Waals surface area contributed by atoms with Crippen molar-refractivity contribution in [3.8, 4) is 17.2 Å². The van der Waals surface area contributed by atoms with E-state index >= 15 is 0 Å². The van der Waals surface area contributed by atoms with Gasteiger partial charge in [-0.25, -0.2) is 9.59 Å². The Balaban J connectivity index is 2.16. The van der Waals surface area contributed by atoms with Crippen LogP contribution in [0.25, 0.3) is 0 Å². The van der Waals surface area contributed by atoms with Crippen LogP contribution in [0, 0.1) is 41.5 Å². The third-order valence-electron chi connectivity index (χ3n) is 6.79. The van der Waals surface area contributed by atoms with E-state index in [1.807, 2.05) is 77.9 Å². The molecular formula is C37H41O8S+. The van der Waals surface area contributed by atoms with Gasteiger partial charge >= 0.3 is 18.3 Å². The second kappa shape index (κ2) is 16.5. The van der Waals surface area contributed by atoms with Crippen molar-refractivity contribution in [3.63, 3.8) is 0 Å². The van der Waals surface area contributed by atoms with Gasteiger partial charge in [-0.1, -0.05) is 31.4 Å². The van der Waals surface area contributed by atoms with Gasteiger partial charge in [0, 0.05) is 42.8 Å². The Morgan fingerprint density at radius 1 is 0.565 bits per heavy atom. The molecule has 0 aliphatic rings. The number of esters is 1. The summed E-state index contributed by atoms with van der Waals surface area (Å²) in [4.78, 5) is 39.8. The summed E-state index contributed by atoms with van der Waals surface area (Å²) < 4.78 is 26.9. The van der Waals surface area contributed by atoms with Crippen LogP contribution in [-0.2, 0) is 25.2 Å². The van der Waals surface area contributed by atoms with Crippen molar-refractivity contribution < 1.29 is 38.1 Å². The molecule has 0 aromatic heterocycles. The normalized spacial score (nSPS) is 10.6. The number of benzene rings is 3. The van der Waals surface area contributed by atoms with Gasteiger partial charge in [0.25, 0.3) is 0 Å². The molecule has 0 heterocycles. The first-order valence-corrected chi connectivity index (χ1v) is 15.9. The highest BCUT2D eigenvalue weighted by atomic mass is 32.2. The molecule has 3 rings (SSSR count). The highest BCUT2D eigenvalue weighted by Gasteiger charge is 2.33. The van der Waals surface area contributed by atoms with Gasteiger partial charge in [0.05, 0.1) is 10.9 Å². The zero-order valence-corrected chi connectivity index (χ0v) is 28.1. The maximum absolute atomic E-state index is 12.5. The van der Waals surface area contributed by atoms with E-state index in [0.717, 1.165) is 48.1 Å². The molecule has 242 valence electrons. The number of carbonyl (C=O) groups excluding carboxylic acids is 3. The van der Waals surface area contributed by atoms with Crippen molar-refractivity contribution in [2.75, 3.05) is 13.2 Å². The van der Waals surface area contributed by atoms with Crippen LogP contribution < -0.4 is 14.2 Å². The Morgan fingerprint density at radius 3 is 1.20 bits per heavy atom. The van der Waals surface area contributed by atoms with Crippen LogP contribution in [0.3, 0.4) is 0 Å². The van der Waals surface area contributed by atoms with Crippen LogP contribution in [-0.4, -0.2) is 31.5 Å². The van der Waals surface area contributed by atoms with Gasteiger partial charge in [0.1, 0.15) is 30.5 Å². The summed E-state index contributed by atoms with van der Waals surface area (Å²) in [6.07, 6.45) is 3.79. The van der Waals surface area contributed by atoms with E-state index in [4.69, 9.17) is 23.7 Å². The van der Waals surface area contributed by atoms with Gasteiger partial charge < -0.3 is 23.7 Å². The van der Waals surface area contributed by atoms with E-state index in [2.05, 4.69) is 19.7 Å². The largest absolute Gasteiger partial charge is 0.514 e. The molecule has 0 saturated carbocycles. The molecule has 0 fully saturated rings. The molecule has 9 heteroatoms. The average Bonchev–Trinajstić information content (AvgIpc) is 2.99. The van der Waals surface area contributed by atoms with Gasteiger partial charge in [-0.05, 0) is 81.3 Å². The maximum atomic E-state index is 12.5. The predicted octanol–water partition coefficient (Wildman–Crippen LogP) is 8.91. The Morgan fingerprint density at radius 2 is 0.891 bits per heavy atom. The summed E-state index contributed by atoms with van der Waals surface area (Å²) in [7, 11) is -0.677.